The Labute approximate surface area is 123 Å². The molecule has 0 aliphatic carbocycles. The Morgan fingerprint density at radius 3 is 2.74 bits per heavy atom. The van der Waals surface area contributed by atoms with E-state index in [9.17, 15) is 10.1 Å². The van der Waals surface area contributed by atoms with Crippen LogP contribution in [0.2, 0.25) is 10.0 Å². The van der Waals surface area contributed by atoms with Gasteiger partial charge in [0.05, 0.1) is 9.95 Å². The number of pyridine rings is 1. The first-order valence-corrected chi connectivity index (χ1v) is 6.98. The molecule has 0 N–H and O–H groups in total. The van der Waals surface area contributed by atoms with Gasteiger partial charge < -0.3 is 0 Å². The summed E-state index contributed by atoms with van der Waals surface area (Å²) in [4.78, 5) is 14.4. The minimum atomic E-state index is -0.446. The molecule has 2 aromatic rings. The molecule has 0 spiro atoms. The molecule has 0 amide bonds. The Bertz CT molecular complexity index is 622. The van der Waals surface area contributed by atoms with Crippen LogP contribution in [-0.2, 0) is 5.75 Å². The Balaban J connectivity index is 2.17. The number of halogens is 2. The van der Waals surface area contributed by atoms with Crippen LogP contribution in [-0.4, -0.2) is 9.91 Å². The maximum absolute atomic E-state index is 10.7. The maximum atomic E-state index is 10.7. The van der Waals surface area contributed by atoms with Crippen LogP contribution < -0.4 is 0 Å². The molecule has 98 valence electrons. The minimum Gasteiger partial charge on any atom is -0.258 e. The largest absolute Gasteiger partial charge is 0.269 e. The molecule has 7 heteroatoms. The fraction of sp³-hybridized carbons (Fsp3) is 0.0833. The smallest absolute Gasteiger partial charge is 0.258 e. The van der Waals surface area contributed by atoms with Gasteiger partial charge in [-0.1, -0.05) is 23.2 Å². The van der Waals surface area contributed by atoms with Crippen LogP contribution in [0.4, 0.5) is 5.69 Å². The first-order chi connectivity index (χ1) is 9.08. The number of rotatable bonds is 4. The fourth-order valence-electron chi connectivity index (χ4n) is 1.41. The summed E-state index contributed by atoms with van der Waals surface area (Å²) in [5, 5.41) is 12.4. The molecule has 2 rings (SSSR count). The molecule has 0 aliphatic rings. The van der Waals surface area contributed by atoms with Crippen LogP contribution in [0.3, 0.4) is 0 Å². The summed E-state index contributed by atoms with van der Waals surface area (Å²) in [5.41, 5.74) is 0.703. The lowest BCUT2D eigenvalue weighted by Crippen LogP contribution is -1.91. The van der Waals surface area contributed by atoms with Crippen LogP contribution in [0.15, 0.2) is 41.6 Å². The van der Waals surface area contributed by atoms with Crippen molar-refractivity contribution in [3.05, 3.63) is 62.3 Å². The van der Waals surface area contributed by atoms with Gasteiger partial charge in [0.15, 0.2) is 0 Å². The van der Waals surface area contributed by atoms with Crippen molar-refractivity contribution < 1.29 is 4.92 Å². The average molecular weight is 315 g/mol. The summed E-state index contributed by atoms with van der Waals surface area (Å²) < 4.78 is 0. The zero-order chi connectivity index (χ0) is 13.8. The van der Waals surface area contributed by atoms with Crippen LogP contribution in [0.25, 0.3) is 0 Å². The van der Waals surface area contributed by atoms with Crippen molar-refractivity contribution in [2.45, 2.75) is 10.8 Å². The Morgan fingerprint density at radius 1 is 1.26 bits per heavy atom. The SMILES string of the molecule is O=[N+]([O-])c1ccc(Cl)c(CSc2ncccc2Cl)c1. The molecule has 1 aromatic carbocycles. The topological polar surface area (TPSA) is 56.0 Å². The van der Waals surface area contributed by atoms with E-state index in [2.05, 4.69) is 4.98 Å². The highest BCUT2D eigenvalue weighted by Crippen LogP contribution is 2.31. The van der Waals surface area contributed by atoms with Crippen LogP contribution in [0.5, 0.6) is 0 Å². The molecular formula is C12H8Cl2N2O2S. The number of aromatic nitrogens is 1. The summed E-state index contributed by atoms with van der Waals surface area (Å²) in [7, 11) is 0. The lowest BCUT2D eigenvalue weighted by molar-refractivity contribution is -0.384. The molecular weight excluding hydrogens is 307 g/mol. The predicted molar refractivity (Wildman–Crippen MR) is 76.9 cm³/mol. The van der Waals surface area contributed by atoms with Crippen molar-refractivity contribution in [3.63, 3.8) is 0 Å². The third-order valence-corrected chi connectivity index (χ3v) is 4.17. The highest BCUT2D eigenvalue weighted by atomic mass is 35.5. The van der Waals surface area contributed by atoms with Crippen molar-refractivity contribution in [2.75, 3.05) is 0 Å². The van der Waals surface area contributed by atoms with Gasteiger partial charge in [-0.25, -0.2) is 4.98 Å². The molecule has 0 atom stereocenters. The highest BCUT2D eigenvalue weighted by Gasteiger charge is 2.11. The number of nitro benzene ring substituents is 1. The van der Waals surface area contributed by atoms with E-state index in [1.165, 1.54) is 30.0 Å². The molecule has 0 fully saturated rings. The molecule has 0 bridgehead atoms. The van der Waals surface area contributed by atoms with Crippen LogP contribution >= 0.6 is 35.0 Å². The highest BCUT2D eigenvalue weighted by molar-refractivity contribution is 7.98. The zero-order valence-electron chi connectivity index (χ0n) is 9.55. The number of hydrogen-bond donors (Lipinski definition) is 0. The number of nitrogens with zero attached hydrogens (tertiary/aromatic N) is 2. The first kappa shape index (κ1) is 14.1. The second kappa shape index (κ2) is 6.23. The van der Waals surface area contributed by atoms with Crippen molar-refractivity contribution in [3.8, 4) is 0 Å². The van der Waals surface area contributed by atoms with E-state index in [1.807, 2.05) is 0 Å². The molecule has 1 heterocycles. The number of thioether (sulfide) groups is 1. The van der Waals surface area contributed by atoms with Crippen LogP contribution in [0.1, 0.15) is 5.56 Å². The lowest BCUT2D eigenvalue weighted by Gasteiger charge is -2.05. The maximum Gasteiger partial charge on any atom is 0.269 e. The quantitative estimate of drug-likeness (QED) is 0.470. The Hall–Kier alpha value is -1.30. The Kier molecular flexibility index (Phi) is 4.63. The van der Waals surface area contributed by atoms with Gasteiger partial charge in [-0.3, -0.25) is 10.1 Å². The molecule has 4 nitrogen and oxygen atoms in total. The minimum absolute atomic E-state index is 0.0205. The van der Waals surface area contributed by atoms with E-state index in [4.69, 9.17) is 23.2 Å². The second-order valence-electron chi connectivity index (χ2n) is 3.61. The Morgan fingerprint density at radius 2 is 2.05 bits per heavy atom. The molecule has 19 heavy (non-hydrogen) atoms. The van der Waals surface area contributed by atoms with Gasteiger partial charge in [0.1, 0.15) is 5.03 Å². The second-order valence-corrected chi connectivity index (χ2v) is 5.39. The third-order valence-electron chi connectivity index (χ3n) is 2.33. The first-order valence-electron chi connectivity index (χ1n) is 5.24. The van der Waals surface area contributed by atoms with Gasteiger partial charge in [-0.15, -0.1) is 11.8 Å². The molecule has 0 unspecified atom stereocenters. The van der Waals surface area contributed by atoms with Gasteiger partial charge in [0, 0.05) is 29.1 Å². The van der Waals surface area contributed by atoms with Gasteiger partial charge in [0.2, 0.25) is 0 Å². The van der Waals surface area contributed by atoms with Crippen molar-refractivity contribution in [1.82, 2.24) is 4.98 Å². The molecule has 0 saturated heterocycles. The average Bonchev–Trinajstić information content (AvgIpc) is 2.39. The van der Waals surface area contributed by atoms with Crippen molar-refractivity contribution in [1.29, 1.82) is 0 Å². The standard InChI is InChI=1S/C12H8Cl2N2O2S/c13-10-4-3-9(16(17)18)6-8(10)7-19-12-11(14)2-1-5-15-12/h1-6H,7H2. The van der Waals surface area contributed by atoms with E-state index < -0.39 is 4.92 Å². The summed E-state index contributed by atoms with van der Waals surface area (Å²) in [6.45, 7) is 0. The van der Waals surface area contributed by atoms with Crippen LogP contribution in [0, 0.1) is 10.1 Å². The van der Waals surface area contributed by atoms with Gasteiger partial charge in [-0.2, -0.15) is 0 Å². The van der Waals surface area contributed by atoms with Gasteiger partial charge in [0.25, 0.3) is 5.69 Å². The molecule has 0 saturated carbocycles. The molecule has 0 aliphatic heterocycles. The van der Waals surface area contributed by atoms with E-state index in [0.29, 0.717) is 26.4 Å². The van der Waals surface area contributed by atoms with Crippen molar-refractivity contribution in [2.24, 2.45) is 0 Å². The number of hydrogen-bond acceptors (Lipinski definition) is 4. The normalized spacial score (nSPS) is 10.4. The van der Waals surface area contributed by atoms with E-state index in [-0.39, 0.29) is 5.69 Å². The molecule has 0 radical (unpaired) electrons. The lowest BCUT2D eigenvalue weighted by atomic mass is 10.2. The van der Waals surface area contributed by atoms with E-state index in [1.54, 1.807) is 18.3 Å². The number of benzene rings is 1. The molecule has 1 aromatic heterocycles. The van der Waals surface area contributed by atoms with Gasteiger partial charge in [-0.05, 0) is 23.8 Å². The number of nitro groups is 1. The zero-order valence-corrected chi connectivity index (χ0v) is 11.9. The monoisotopic (exact) mass is 314 g/mol. The van der Waals surface area contributed by atoms with Gasteiger partial charge >= 0.3 is 0 Å². The van der Waals surface area contributed by atoms with E-state index in [0.717, 1.165) is 0 Å². The van der Waals surface area contributed by atoms with Crippen molar-refractivity contribution >= 4 is 40.7 Å². The summed E-state index contributed by atoms with van der Waals surface area (Å²) in [6, 6.07) is 7.85. The third kappa shape index (κ3) is 3.59. The predicted octanol–water partition coefficient (Wildman–Crippen LogP) is 4.59. The summed E-state index contributed by atoms with van der Waals surface area (Å²) in [5.74, 6) is 0.469. The fourth-order valence-corrected chi connectivity index (χ4v) is 2.83. The summed E-state index contributed by atoms with van der Waals surface area (Å²) in [6.07, 6.45) is 1.64. The summed E-state index contributed by atoms with van der Waals surface area (Å²) >= 11 is 13.4. The number of non-ortho nitro benzene ring substituents is 1. The van der Waals surface area contributed by atoms with E-state index >= 15 is 0 Å².